The average molecular weight is 309 g/mol. The fourth-order valence-electron chi connectivity index (χ4n) is 2.26. The number of aromatic nitrogens is 2. The molecule has 2 N–H and O–H groups in total. The molecule has 0 aliphatic heterocycles. The van der Waals surface area contributed by atoms with E-state index in [0.29, 0.717) is 25.3 Å². The third kappa shape index (κ3) is 4.10. The van der Waals surface area contributed by atoms with Crippen LogP contribution in [0.1, 0.15) is 23.6 Å². The summed E-state index contributed by atoms with van der Waals surface area (Å²) in [6.45, 7) is 2.55. The molecule has 0 radical (unpaired) electrons. The van der Waals surface area contributed by atoms with Crippen molar-refractivity contribution in [1.29, 1.82) is 0 Å². The minimum atomic E-state index is -0.0188. The van der Waals surface area contributed by atoms with E-state index in [-0.39, 0.29) is 5.91 Å². The van der Waals surface area contributed by atoms with Crippen molar-refractivity contribution in [2.45, 2.75) is 26.3 Å². The van der Waals surface area contributed by atoms with Crippen molar-refractivity contribution in [3.8, 4) is 11.3 Å². The number of aryl methyl sites for hydroxylation is 2. The highest BCUT2D eigenvalue weighted by Gasteiger charge is 2.09. The smallest absolute Gasteiger partial charge is 0.220 e. The van der Waals surface area contributed by atoms with Crippen molar-refractivity contribution in [3.63, 3.8) is 0 Å². The second-order valence-electron chi connectivity index (χ2n) is 5.46. The lowest BCUT2D eigenvalue weighted by molar-refractivity contribution is -0.121. The summed E-state index contributed by atoms with van der Waals surface area (Å²) in [6.07, 6.45) is 4.38. The number of H-pyrrole nitrogens is 1. The van der Waals surface area contributed by atoms with Gasteiger partial charge in [-0.25, -0.2) is 4.98 Å². The van der Waals surface area contributed by atoms with Crippen LogP contribution in [0, 0.1) is 6.92 Å². The van der Waals surface area contributed by atoms with Gasteiger partial charge in [-0.1, -0.05) is 29.8 Å². The van der Waals surface area contributed by atoms with Crippen molar-refractivity contribution in [1.82, 2.24) is 15.3 Å². The van der Waals surface area contributed by atoms with Gasteiger partial charge in [0, 0.05) is 30.3 Å². The summed E-state index contributed by atoms with van der Waals surface area (Å²) in [5.41, 5.74) is 3.17. The van der Waals surface area contributed by atoms with Crippen LogP contribution in [0.3, 0.4) is 0 Å². The summed E-state index contributed by atoms with van der Waals surface area (Å²) in [6, 6.07) is 11.9. The molecule has 0 bridgehead atoms. The molecule has 5 nitrogen and oxygen atoms in total. The maximum absolute atomic E-state index is 11.8. The van der Waals surface area contributed by atoms with Gasteiger partial charge in [-0.3, -0.25) is 4.79 Å². The van der Waals surface area contributed by atoms with Gasteiger partial charge in [-0.2, -0.15) is 0 Å². The van der Waals surface area contributed by atoms with Gasteiger partial charge in [0.25, 0.3) is 0 Å². The first-order chi connectivity index (χ1) is 11.2. The molecule has 0 spiro atoms. The highest BCUT2D eigenvalue weighted by molar-refractivity contribution is 5.76. The molecule has 2 heterocycles. The number of benzene rings is 1. The van der Waals surface area contributed by atoms with Gasteiger partial charge in [-0.15, -0.1) is 0 Å². The number of rotatable bonds is 6. The van der Waals surface area contributed by atoms with Crippen LogP contribution < -0.4 is 5.32 Å². The lowest BCUT2D eigenvalue weighted by Crippen LogP contribution is -2.23. The Labute approximate surface area is 134 Å². The zero-order valence-corrected chi connectivity index (χ0v) is 13.0. The van der Waals surface area contributed by atoms with Crippen LogP contribution in [-0.2, 0) is 17.8 Å². The molecule has 3 aromatic rings. The molecular formula is C18H19N3O2. The third-order valence-corrected chi connectivity index (χ3v) is 3.59. The summed E-state index contributed by atoms with van der Waals surface area (Å²) in [7, 11) is 0. The Morgan fingerprint density at radius 2 is 2.09 bits per heavy atom. The maximum atomic E-state index is 11.8. The van der Waals surface area contributed by atoms with Gasteiger partial charge in [0.15, 0.2) is 11.7 Å². The number of nitrogens with one attached hydrogen (secondary N) is 2. The van der Waals surface area contributed by atoms with Gasteiger partial charge in [0.2, 0.25) is 5.91 Å². The van der Waals surface area contributed by atoms with Crippen molar-refractivity contribution < 1.29 is 9.21 Å². The molecule has 0 fully saturated rings. The van der Waals surface area contributed by atoms with E-state index in [2.05, 4.69) is 15.3 Å². The molecule has 0 aliphatic carbocycles. The Bertz CT molecular complexity index is 758. The number of hydrogen-bond donors (Lipinski definition) is 2. The average Bonchev–Trinajstić information content (AvgIpc) is 3.23. The molecule has 118 valence electrons. The number of aromatic amines is 1. The normalized spacial score (nSPS) is 10.7. The number of hydrogen-bond acceptors (Lipinski definition) is 3. The van der Waals surface area contributed by atoms with Crippen molar-refractivity contribution in [3.05, 3.63) is 65.9 Å². The molecule has 0 aliphatic rings. The summed E-state index contributed by atoms with van der Waals surface area (Å²) in [4.78, 5) is 19.1. The SMILES string of the molecule is Cc1ccc(-c2cnc(CCC(=O)NCc3ccc[nH]3)o2)cc1. The van der Waals surface area contributed by atoms with E-state index in [1.165, 1.54) is 5.56 Å². The Morgan fingerprint density at radius 3 is 2.83 bits per heavy atom. The largest absolute Gasteiger partial charge is 0.441 e. The highest BCUT2D eigenvalue weighted by atomic mass is 16.4. The molecule has 1 amide bonds. The van der Waals surface area contributed by atoms with Crippen LogP contribution in [0.15, 0.2) is 53.2 Å². The van der Waals surface area contributed by atoms with Gasteiger partial charge in [-0.05, 0) is 19.1 Å². The van der Waals surface area contributed by atoms with E-state index in [0.717, 1.165) is 17.0 Å². The fourth-order valence-corrected chi connectivity index (χ4v) is 2.26. The molecule has 3 rings (SSSR count). The standard InChI is InChI=1S/C18H19N3O2/c1-13-4-6-14(7-5-13)16-12-21-18(23-16)9-8-17(22)20-11-15-3-2-10-19-15/h2-7,10,12,19H,8-9,11H2,1H3,(H,20,22). The zero-order valence-electron chi connectivity index (χ0n) is 13.0. The summed E-state index contributed by atoms with van der Waals surface area (Å²) in [5, 5.41) is 2.86. The first-order valence-corrected chi connectivity index (χ1v) is 7.61. The molecule has 0 unspecified atom stereocenters. The van der Waals surface area contributed by atoms with Crippen LogP contribution in [0.4, 0.5) is 0 Å². The number of carbonyl (C=O) groups is 1. The Balaban J connectivity index is 1.50. The Kier molecular flexibility index (Phi) is 4.57. The fraction of sp³-hybridized carbons (Fsp3) is 0.222. The van der Waals surface area contributed by atoms with E-state index in [4.69, 9.17) is 4.42 Å². The van der Waals surface area contributed by atoms with Crippen LogP contribution >= 0.6 is 0 Å². The molecule has 0 saturated carbocycles. The molecule has 0 atom stereocenters. The molecule has 2 aromatic heterocycles. The van der Waals surface area contributed by atoms with Crippen molar-refractivity contribution >= 4 is 5.91 Å². The predicted molar refractivity (Wildman–Crippen MR) is 87.6 cm³/mol. The number of oxazole rings is 1. The van der Waals surface area contributed by atoms with Crippen LogP contribution in [0.5, 0.6) is 0 Å². The molecule has 1 aromatic carbocycles. The Morgan fingerprint density at radius 1 is 1.26 bits per heavy atom. The second kappa shape index (κ2) is 6.96. The number of nitrogens with zero attached hydrogens (tertiary/aromatic N) is 1. The van der Waals surface area contributed by atoms with E-state index in [1.807, 2.05) is 49.5 Å². The van der Waals surface area contributed by atoms with Crippen LogP contribution in [0.25, 0.3) is 11.3 Å². The first-order valence-electron chi connectivity index (χ1n) is 7.61. The van der Waals surface area contributed by atoms with E-state index < -0.39 is 0 Å². The van der Waals surface area contributed by atoms with Gasteiger partial charge < -0.3 is 14.7 Å². The van der Waals surface area contributed by atoms with Crippen LogP contribution in [-0.4, -0.2) is 15.9 Å². The molecule has 5 heteroatoms. The van der Waals surface area contributed by atoms with Gasteiger partial charge >= 0.3 is 0 Å². The van der Waals surface area contributed by atoms with Gasteiger partial charge in [0.05, 0.1) is 12.7 Å². The number of amides is 1. The summed E-state index contributed by atoms with van der Waals surface area (Å²) >= 11 is 0. The first kappa shape index (κ1) is 15.1. The zero-order chi connectivity index (χ0) is 16.1. The minimum absolute atomic E-state index is 0.0188. The van der Waals surface area contributed by atoms with Crippen molar-refractivity contribution in [2.75, 3.05) is 0 Å². The predicted octanol–water partition coefficient (Wildman–Crippen LogP) is 3.23. The lowest BCUT2D eigenvalue weighted by atomic mass is 10.1. The summed E-state index contributed by atoms with van der Waals surface area (Å²) in [5.74, 6) is 1.29. The van der Waals surface area contributed by atoms with E-state index >= 15 is 0 Å². The maximum Gasteiger partial charge on any atom is 0.220 e. The Hall–Kier alpha value is -2.82. The highest BCUT2D eigenvalue weighted by Crippen LogP contribution is 2.21. The van der Waals surface area contributed by atoms with E-state index in [1.54, 1.807) is 6.20 Å². The second-order valence-corrected chi connectivity index (χ2v) is 5.46. The molecule has 0 saturated heterocycles. The topological polar surface area (TPSA) is 70.9 Å². The third-order valence-electron chi connectivity index (χ3n) is 3.59. The monoisotopic (exact) mass is 309 g/mol. The minimum Gasteiger partial charge on any atom is -0.441 e. The molecule has 23 heavy (non-hydrogen) atoms. The van der Waals surface area contributed by atoms with Gasteiger partial charge in [0.1, 0.15) is 0 Å². The molecular weight excluding hydrogens is 290 g/mol. The van der Waals surface area contributed by atoms with E-state index in [9.17, 15) is 4.79 Å². The quantitative estimate of drug-likeness (QED) is 0.734. The number of carbonyl (C=O) groups excluding carboxylic acids is 1. The van der Waals surface area contributed by atoms with Crippen LogP contribution in [0.2, 0.25) is 0 Å². The van der Waals surface area contributed by atoms with Crippen molar-refractivity contribution in [2.24, 2.45) is 0 Å². The summed E-state index contributed by atoms with van der Waals surface area (Å²) < 4.78 is 5.71. The lowest BCUT2D eigenvalue weighted by Gasteiger charge is -2.02.